The number of aromatic nitrogens is 3. The number of aryl methyl sites for hydroxylation is 1. The summed E-state index contributed by atoms with van der Waals surface area (Å²) in [5, 5.41) is 1.18. The van der Waals surface area contributed by atoms with Crippen molar-refractivity contribution in [1.29, 1.82) is 0 Å². The second-order valence-electron chi connectivity index (χ2n) is 4.78. The number of fused-ring (bicyclic) bond motifs is 1. The summed E-state index contributed by atoms with van der Waals surface area (Å²) >= 11 is 0. The van der Waals surface area contributed by atoms with Crippen molar-refractivity contribution in [3.63, 3.8) is 0 Å². The predicted octanol–water partition coefficient (Wildman–Crippen LogP) is 3.92. The molecule has 4 nitrogen and oxygen atoms in total. The Morgan fingerprint density at radius 2 is 2.10 bits per heavy atom. The van der Waals surface area contributed by atoms with E-state index in [0.717, 1.165) is 28.5 Å². The first-order chi connectivity index (χ1) is 9.81. The lowest BCUT2D eigenvalue weighted by Gasteiger charge is -2.06. The van der Waals surface area contributed by atoms with Gasteiger partial charge in [0.15, 0.2) is 11.6 Å². The van der Waals surface area contributed by atoms with Crippen LogP contribution in [0.25, 0.3) is 28.2 Å². The maximum atomic E-state index is 5.67. The number of furan rings is 1. The van der Waals surface area contributed by atoms with Crippen LogP contribution in [0.3, 0.4) is 0 Å². The number of H-pyrrole nitrogens is 1. The molecule has 0 aliphatic rings. The van der Waals surface area contributed by atoms with Crippen molar-refractivity contribution in [2.75, 3.05) is 0 Å². The minimum Gasteiger partial charge on any atom is -0.458 e. The summed E-state index contributed by atoms with van der Waals surface area (Å²) < 4.78 is 7.71. The highest BCUT2D eigenvalue weighted by atomic mass is 16.3. The molecule has 0 atom stereocenters. The normalized spacial score (nSPS) is 11.2. The number of rotatable bonds is 2. The fourth-order valence-corrected chi connectivity index (χ4v) is 2.44. The highest BCUT2D eigenvalue weighted by molar-refractivity contribution is 5.81. The van der Waals surface area contributed by atoms with E-state index in [1.54, 1.807) is 6.20 Å². The van der Waals surface area contributed by atoms with Crippen molar-refractivity contribution >= 4 is 10.9 Å². The van der Waals surface area contributed by atoms with Gasteiger partial charge >= 0.3 is 0 Å². The van der Waals surface area contributed by atoms with Gasteiger partial charge in [-0.3, -0.25) is 4.57 Å². The maximum absolute atomic E-state index is 5.67. The molecular weight excluding hydrogens is 250 g/mol. The van der Waals surface area contributed by atoms with E-state index in [1.165, 1.54) is 5.39 Å². The molecule has 0 saturated carbocycles. The quantitative estimate of drug-likeness (QED) is 0.595. The number of nitrogens with one attached hydrogen (secondary N) is 1. The molecule has 0 radical (unpaired) electrons. The van der Waals surface area contributed by atoms with Crippen LogP contribution in [-0.2, 0) is 0 Å². The van der Waals surface area contributed by atoms with Crippen molar-refractivity contribution < 1.29 is 4.42 Å². The van der Waals surface area contributed by atoms with Gasteiger partial charge in [0.05, 0.1) is 0 Å². The van der Waals surface area contributed by atoms with Crippen molar-refractivity contribution in [3.8, 4) is 17.3 Å². The SMILES string of the molecule is Cc1ccc(-c2nccn2-c2ccc3[nH]ccc3c2)o1. The predicted molar refractivity (Wildman–Crippen MR) is 77.9 cm³/mol. The number of imidazole rings is 1. The monoisotopic (exact) mass is 263 g/mol. The van der Waals surface area contributed by atoms with Crippen molar-refractivity contribution in [3.05, 3.63) is 60.7 Å². The van der Waals surface area contributed by atoms with Gasteiger partial charge in [0.25, 0.3) is 0 Å². The third-order valence-corrected chi connectivity index (χ3v) is 3.42. The lowest BCUT2D eigenvalue weighted by atomic mass is 10.2. The van der Waals surface area contributed by atoms with Gasteiger partial charge in [-0.2, -0.15) is 0 Å². The van der Waals surface area contributed by atoms with E-state index in [1.807, 2.05) is 36.0 Å². The van der Waals surface area contributed by atoms with Crippen LogP contribution in [0.4, 0.5) is 0 Å². The van der Waals surface area contributed by atoms with Gasteiger partial charge in [-0.15, -0.1) is 0 Å². The van der Waals surface area contributed by atoms with E-state index in [9.17, 15) is 0 Å². The van der Waals surface area contributed by atoms with Crippen LogP contribution in [0.1, 0.15) is 5.76 Å². The average Bonchev–Trinajstić information content (AvgIpc) is 3.17. The summed E-state index contributed by atoms with van der Waals surface area (Å²) in [6.07, 6.45) is 5.68. The molecule has 4 heteroatoms. The molecule has 20 heavy (non-hydrogen) atoms. The zero-order valence-corrected chi connectivity index (χ0v) is 11.0. The lowest BCUT2D eigenvalue weighted by Crippen LogP contribution is -1.95. The van der Waals surface area contributed by atoms with Crippen LogP contribution in [0, 0.1) is 6.92 Å². The first kappa shape index (κ1) is 11.1. The summed E-state index contributed by atoms with van der Waals surface area (Å²) in [7, 11) is 0. The Balaban J connectivity index is 1.88. The molecule has 98 valence electrons. The Morgan fingerprint density at radius 1 is 1.15 bits per heavy atom. The molecule has 0 spiro atoms. The highest BCUT2D eigenvalue weighted by Crippen LogP contribution is 2.25. The third-order valence-electron chi connectivity index (χ3n) is 3.42. The standard InChI is InChI=1S/C16H13N3O/c1-11-2-5-15(20-11)16-18-8-9-19(16)13-3-4-14-12(10-13)6-7-17-14/h2-10,17H,1H3. The summed E-state index contributed by atoms with van der Waals surface area (Å²) in [5.41, 5.74) is 2.20. The highest BCUT2D eigenvalue weighted by Gasteiger charge is 2.11. The molecular formula is C16H13N3O. The van der Waals surface area contributed by atoms with Gasteiger partial charge in [0.1, 0.15) is 5.76 Å². The molecule has 0 saturated heterocycles. The fraction of sp³-hybridized carbons (Fsp3) is 0.0625. The minimum absolute atomic E-state index is 0.779. The molecule has 0 aliphatic carbocycles. The third kappa shape index (κ3) is 1.66. The fourth-order valence-electron chi connectivity index (χ4n) is 2.44. The van der Waals surface area contributed by atoms with E-state index >= 15 is 0 Å². The van der Waals surface area contributed by atoms with Crippen LogP contribution < -0.4 is 0 Å². The van der Waals surface area contributed by atoms with Crippen LogP contribution in [0.5, 0.6) is 0 Å². The first-order valence-electron chi connectivity index (χ1n) is 6.49. The molecule has 0 amide bonds. The second-order valence-corrected chi connectivity index (χ2v) is 4.78. The molecule has 3 heterocycles. The zero-order chi connectivity index (χ0) is 13.5. The second kappa shape index (κ2) is 4.13. The Kier molecular flexibility index (Phi) is 2.29. The summed E-state index contributed by atoms with van der Waals surface area (Å²) in [6, 6.07) is 12.2. The van der Waals surface area contributed by atoms with Crippen LogP contribution >= 0.6 is 0 Å². The van der Waals surface area contributed by atoms with Gasteiger partial charge in [-0.05, 0) is 43.3 Å². The first-order valence-corrected chi connectivity index (χ1v) is 6.49. The minimum atomic E-state index is 0.779. The number of hydrogen-bond acceptors (Lipinski definition) is 2. The summed E-state index contributed by atoms with van der Waals surface area (Å²) in [6.45, 7) is 1.93. The van der Waals surface area contributed by atoms with E-state index in [0.29, 0.717) is 0 Å². The summed E-state index contributed by atoms with van der Waals surface area (Å²) in [5.74, 6) is 2.48. The van der Waals surface area contributed by atoms with Crippen molar-refractivity contribution in [1.82, 2.24) is 14.5 Å². The molecule has 0 aliphatic heterocycles. The van der Waals surface area contributed by atoms with Gasteiger partial charge in [-0.1, -0.05) is 0 Å². The Bertz CT molecular complexity index is 882. The van der Waals surface area contributed by atoms with E-state index in [2.05, 4.69) is 34.2 Å². The van der Waals surface area contributed by atoms with Gasteiger partial charge in [0, 0.05) is 35.2 Å². The van der Waals surface area contributed by atoms with Crippen LogP contribution in [0.2, 0.25) is 0 Å². The Morgan fingerprint density at radius 3 is 2.95 bits per heavy atom. The molecule has 3 aromatic heterocycles. The van der Waals surface area contributed by atoms with E-state index < -0.39 is 0 Å². The lowest BCUT2D eigenvalue weighted by molar-refractivity contribution is 0.543. The van der Waals surface area contributed by atoms with E-state index in [4.69, 9.17) is 4.42 Å². The average molecular weight is 263 g/mol. The smallest absolute Gasteiger partial charge is 0.180 e. The summed E-state index contributed by atoms with van der Waals surface area (Å²) in [4.78, 5) is 7.60. The number of aromatic amines is 1. The van der Waals surface area contributed by atoms with Gasteiger partial charge < -0.3 is 9.40 Å². The van der Waals surface area contributed by atoms with Gasteiger partial charge in [-0.25, -0.2) is 4.98 Å². The zero-order valence-electron chi connectivity index (χ0n) is 11.0. The topological polar surface area (TPSA) is 46.8 Å². The Labute approximate surface area is 115 Å². The molecule has 0 unspecified atom stereocenters. The molecule has 4 aromatic rings. The van der Waals surface area contributed by atoms with Gasteiger partial charge in [0.2, 0.25) is 0 Å². The van der Waals surface area contributed by atoms with Crippen molar-refractivity contribution in [2.24, 2.45) is 0 Å². The molecule has 0 bridgehead atoms. The molecule has 1 aromatic carbocycles. The molecule has 4 rings (SSSR count). The number of nitrogens with zero attached hydrogens (tertiary/aromatic N) is 2. The Hall–Kier alpha value is -2.75. The maximum Gasteiger partial charge on any atom is 0.180 e. The van der Waals surface area contributed by atoms with Crippen molar-refractivity contribution in [2.45, 2.75) is 6.92 Å². The molecule has 1 N–H and O–H groups in total. The number of benzene rings is 1. The van der Waals surface area contributed by atoms with E-state index in [-0.39, 0.29) is 0 Å². The largest absolute Gasteiger partial charge is 0.458 e. The number of hydrogen-bond donors (Lipinski definition) is 1. The van der Waals surface area contributed by atoms with Crippen LogP contribution in [-0.4, -0.2) is 14.5 Å². The molecule has 0 fully saturated rings. The van der Waals surface area contributed by atoms with Crippen LogP contribution in [0.15, 0.2) is 59.4 Å².